The summed E-state index contributed by atoms with van der Waals surface area (Å²) in [7, 11) is 0. The summed E-state index contributed by atoms with van der Waals surface area (Å²) in [6.45, 7) is 5.85. The second kappa shape index (κ2) is 6.79. The monoisotopic (exact) mass is 280 g/mol. The zero-order valence-corrected chi connectivity index (χ0v) is 11.9. The molecule has 0 aromatic carbocycles. The fourth-order valence-corrected chi connectivity index (χ4v) is 1.38. The van der Waals surface area contributed by atoms with Crippen LogP contribution in [0.2, 0.25) is 0 Å². The van der Waals surface area contributed by atoms with Gasteiger partial charge >= 0.3 is 6.09 Å². The van der Waals surface area contributed by atoms with Crippen LogP contribution in [0.5, 0.6) is 5.75 Å². The molecule has 0 radical (unpaired) electrons. The second-order valence-electron chi connectivity index (χ2n) is 5.27. The summed E-state index contributed by atoms with van der Waals surface area (Å²) in [5, 5.41) is 11.9. The van der Waals surface area contributed by atoms with Crippen molar-refractivity contribution in [2.75, 3.05) is 6.54 Å². The van der Waals surface area contributed by atoms with E-state index in [2.05, 4.69) is 10.3 Å². The Labute approximate surface area is 117 Å². The fourth-order valence-electron chi connectivity index (χ4n) is 1.38. The van der Waals surface area contributed by atoms with Crippen molar-refractivity contribution < 1.29 is 14.6 Å². The van der Waals surface area contributed by atoms with Crippen molar-refractivity contribution in [3.63, 3.8) is 0 Å². The Morgan fingerprint density at radius 3 is 2.80 bits per heavy atom. The summed E-state index contributed by atoms with van der Waals surface area (Å²) >= 11 is 0. The number of pyridine rings is 1. The van der Waals surface area contributed by atoms with E-state index in [-0.39, 0.29) is 5.75 Å². The van der Waals surface area contributed by atoms with Gasteiger partial charge in [-0.1, -0.05) is 12.2 Å². The number of amides is 1. The Balaban J connectivity index is 2.34. The van der Waals surface area contributed by atoms with Gasteiger partial charge in [-0.2, -0.15) is 0 Å². The highest BCUT2D eigenvalue weighted by Gasteiger charge is 2.15. The quantitative estimate of drug-likeness (QED) is 0.736. The highest BCUT2D eigenvalue weighted by molar-refractivity contribution is 5.67. The zero-order chi connectivity index (χ0) is 15.2. The molecule has 0 saturated carbocycles. The van der Waals surface area contributed by atoms with Gasteiger partial charge in [-0.15, -0.1) is 0 Å². The van der Waals surface area contributed by atoms with E-state index in [4.69, 9.17) is 4.74 Å². The van der Waals surface area contributed by atoms with E-state index in [0.717, 1.165) is 0 Å². The summed E-state index contributed by atoms with van der Waals surface area (Å²) in [4.78, 5) is 24.7. The molecular formula is C14H20N2O4. The minimum absolute atomic E-state index is 0.320. The smallest absolute Gasteiger partial charge is 0.407 e. The van der Waals surface area contributed by atoms with Gasteiger partial charge in [0.2, 0.25) is 0 Å². The Hall–Kier alpha value is -2.24. The Morgan fingerprint density at radius 1 is 1.50 bits per heavy atom. The van der Waals surface area contributed by atoms with Crippen LogP contribution in [0.15, 0.2) is 23.1 Å². The standard InChI is InChI=1S/C14H20N2O4/c1-14(2,3)20-13(19)15-7-5-4-6-10-8-11(17)12(18)16-9-10/h4,6,8-9,17H,5,7H2,1-3H3,(H,15,19)(H,16,18). The minimum atomic E-state index is -0.520. The molecule has 3 N–H and O–H groups in total. The number of ether oxygens (including phenoxy) is 1. The molecule has 6 heteroatoms. The van der Waals surface area contributed by atoms with Crippen LogP contribution in [0.4, 0.5) is 4.79 Å². The number of rotatable bonds is 4. The molecule has 0 aliphatic heterocycles. The van der Waals surface area contributed by atoms with E-state index in [1.54, 1.807) is 26.8 Å². The number of alkyl carbamates (subject to hydrolysis) is 1. The van der Waals surface area contributed by atoms with Crippen LogP contribution in [0.3, 0.4) is 0 Å². The van der Waals surface area contributed by atoms with Crippen molar-refractivity contribution in [1.29, 1.82) is 0 Å². The lowest BCUT2D eigenvalue weighted by Gasteiger charge is -2.19. The summed E-state index contributed by atoms with van der Waals surface area (Å²) in [5.74, 6) is -0.320. The highest BCUT2D eigenvalue weighted by atomic mass is 16.6. The van der Waals surface area contributed by atoms with Crippen LogP contribution < -0.4 is 10.9 Å². The van der Waals surface area contributed by atoms with Crippen LogP contribution >= 0.6 is 0 Å². The van der Waals surface area contributed by atoms with Gasteiger partial charge in [-0.05, 0) is 38.8 Å². The molecule has 1 rings (SSSR count). The van der Waals surface area contributed by atoms with E-state index in [0.29, 0.717) is 18.5 Å². The van der Waals surface area contributed by atoms with E-state index in [1.807, 2.05) is 6.08 Å². The molecule has 0 saturated heterocycles. The van der Waals surface area contributed by atoms with Crippen LogP contribution in [0.1, 0.15) is 32.8 Å². The van der Waals surface area contributed by atoms with Gasteiger partial charge < -0.3 is 20.1 Å². The number of nitrogens with one attached hydrogen (secondary N) is 2. The molecule has 1 amide bonds. The molecule has 0 atom stereocenters. The molecule has 0 aliphatic rings. The largest absolute Gasteiger partial charge is 0.503 e. The first-order valence-electron chi connectivity index (χ1n) is 6.33. The third-order valence-electron chi connectivity index (χ3n) is 2.20. The summed E-state index contributed by atoms with van der Waals surface area (Å²) in [5.41, 5.74) is -0.346. The summed E-state index contributed by atoms with van der Waals surface area (Å²) in [6, 6.07) is 1.37. The molecule has 0 bridgehead atoms. The van der Waals surface area contributed by atoms with E-state index in [1.165, 1.54) is 12.3 Å². The number of aromatic hydroxyl groups is 1. The number of hydrogen-bond donors (Lipinski definition) is 3. The van der Waals surface area contributed by atoms with Crippen molar-refractivity contribution in [2.24, 2.45) is 0 Å². The minimum Gasteiger partial charge on any atom is -0.503 e. The molecule has 1 heterocycles. The Kier molecular flexibility index (Phi) is 5.37. The first kappa shape index (κ1) is 15.8. The third kappa shape index (κ3) is 6.08. The van der Waals surface area contributed by atoms with Crippen molar-refractivity contribution >= 4 is 12.2 Å². The number of carbonyl (C=O) groups is 1. The van der Waals surface area contributed by atoms with Crippen molar-refractivity contribution in [3.8, 4) is 5.75 Å². The van der Waals surface area contributed by atoms with Gasteiger partial charge in [-0.3, -0.25) is 4.79 Å². The lowest BCUT2D eigenvalue weighted by molar-refractivity contribution is 0.0529. The maximum atomic E-state index is 11.3. The average Bonchev–Trinajstić information content (AvgIpc) is 2.31. The first-order chi connectivity index (χ1) is 9.28. The number of aromatic nitrogens is 1. The first-order valence-corrected chi connectivity index (χ1v) is 6.33. The maximum absolute atomic E-state index is 11.3. The zero-order valence-electron chi connectivity index (χ0n) is 11.9. The van der Waals surface area contributed by atoms with Crippen molar-refractivity contribution in [3.05, 3.63) is 34.3 Å². The Morgan fingerprint density at radius 2 is 2.20 bits per heavy atom. The van der Waals surface area contributed by atoms with E-state index < -0.39 is 17.3 Å². The van der Waals surface area contributed by atoms with Gasteiger partial charge in [0.25, 0.3) is 5.56 Å². The fraction of sp³-hybridized carbons (Fsp3) is 0.429. The molecule has 20 heavy (non-hydrogen) atoms. The predicted molar refractivity (Wildman–Crippen MR) is 76.6 cm³/mol. The summed E-state index contributed by atoms with van der Waals surface area (Å²) < 4.78 is 5.08. The molecular weight excluding hydrogens is 260 g/mol. The molecule has 0 aliphatic carbocycles. The number of H-pyrrole nitrogens is 1. The van der Waals surface area contributed by atoms with Gasteiger partial charge in [0.15, 0.2) is 5.75 Å². The van der Waals surface area contributed by atoms with Gasteiger partial charge in [0, 0.05) is 12.7 Å². The lowest BCUT2D eigenvalue weighted by Crippen LogP contribution is -2.32. The van der Waals surface area contributed by atoms with Gasteiger partial charge in [0.05, 0.1) is 0 Å². The van der Waals surface area contributed by atoms with Crippen LogP contribution in [0.25, 0.3) is 6.08 Å². The van der Waals surface area contributed by atoms with Crippen LogP contribution in [-0.4, -0.2) is 28.3 Å². The van der Waals surface area contributed by atoms with E-state index in [9.17, 15) is 14.7 Å². The SMILES string of the molecule is CC(C)(C)OC(=O)NCCC=Cc1c[nH]c(=O)c(O)c1. The summed E-state index contributed by atoms with van der Waals surface area (Å²) in [6.07, 6.45) is 5.23. The average molecular weight is 280 g/mol. The van der Waals surface area contributed by atoms with Crippen LogP contribution in [0, 0.1) is 0 Å². The molecule has 1 aromatic heterocycles. The van der Waals surface area contributed by atoms with Gasteiger partial charge in [0.1, 0.15) is 5.60 Å². The second-order valence-corrected chi connectivity index (χ2v) is 5.27. The predicted octanol–water partition coefficient (Wildman–Crippen LogP) is 2.01. The highest BCUT2D eigenvalue weighted by Crippen LogP contribution is 2.07. The van der Waals surface area contributed by atoms with Crippen LogP contribution in [-0.2, 0) is 4.74 Å². The molecule has 0 fully saturated rings. The topological polar surface area (TPSA) is 91.4 Å². The third-order valence-corrected chi connectivity index (χ3v) is 2.20. The lowest BCUT2D eigenvalue weighted by atomic mass is 10.2. The number of carbonyl (C=O) groups excluding carboxylic acids is 1. The van der Waals surface area contributed by atoms with E-state index >= 15 is 0 Å². The number of hydrogen-bond acceptors (Lipinski definition) is 4. The molecule has 0 spiro atoms. The maximum Gasteiger partial charge on any atom is 0.407 e. The number of aromatic amines is 1. The molecule has 1 aromatic rings. The molecule has 0 unspecified atom stereocenters. The molecule has 6 nitrogen and oxygen atoms in total. The van der Waals surface area contributed by atoms with Crippen molar-refractivity contribution in [1.82, 2.24) is 10.3 Å². The van der Waals surface area contributed by atoms with Gasteiger partial charge in [-0.25, -0.2) is 4.79 Å². The molecule has 110 valence electrons. The van der Waals surface area contributed by atoms with Crippen molar-refractivity contribution in [2.45, 2.75) is 32.8 Å². The normalized spacial score (nSPS) is 11.6. The Bertz CT molecular complexity index is 541.